The zero-order valence-electron chi connectivity index (χ0n) is 17.0. The van der Waals surface area contributed by atoms with Gasteiger partial charge in [-0.2, -0.15) is 0 Å². The predicted octanol–water partition coefficient (Wildman–Crippen LogP) is 6.34. The number of carbonyl (C=O) groups is 1. The lowest BCUT2D eigenvalue weighted by molar-refractivity contribution is -0.119. The Morgan fingerprint density at radius 1 is 0.933 bits per heavy atom. The second kappa shape index (κ2) is 7.90. The van der Waals surface area contributed by atoms with Gasteiger partial charge in [0.1, 0.15) is 17.2 Å². The van der Waals surface area contributed by atoms with Gasteiger partial charge in [-0.05, 0) is 85.7 Å². The second-order valence-corrected chi connectivity index (χ2v) is 8.31. The Morgan fingerprint density at radius 3 is 2.30 bits per heavy atom. The average molecular weight is 406 g/mol. The fourth-order valence-corrected chi connectivity index (χ4v) is 3.41. The molecule has 1 aliphatic carbocycles. The van der Waals surface area contributed by atoms with Crippen molar-refractivity contribution in [1.29, 1.82) is 0 Å². The van der Waals surface area contributed by atoms with Gasteiger partial charge in [0.25, 0.3) is 0 Å². The normalized spacial score (nSPS) is 13.7. The first-order chi connectivity index (χ1) is 14.3. The lowest BCUT2D eigenvalue weighted by Crippen LogP contribution is -2.44. The van der Waals surface area contributed by atoms with Crippen molar-refractivity contribution in [2.45, 2.75) is 38.1 Å². The Morgan fingerprint density at radius 2 is 1.63 bits per heavy atom. The number of amides is 1. The summed E-state index contributed by atoms with van der Waals surface area (Å²) in [4.78, 5) is 12.8. The molecular weight excluding hydrogens is 382 g/mol. The van der Waals surface area contributed by atoms with Crippen LogP contribution < -0.4 is 10.6 Å². The minimum atomic E-state index is -1.03. The van der Waals surface area contributed by atoms with E-state index in [4.69, 9.17) is 0 Å². The van der Waals surface area contributed by atoms with Crippen molar-refractivity contribution >= 4 is 17.3 Å². The minimum absolute atomic E-state index is 0.229. The van der Waals surface area contributed by atoms with Gasteiger partial charge in [-0.1, -0.05) is 30.3 Å². The number of hydrogen-bond donors (Lipinski definition) is 2. The zero-order valence-corrected chi connectivity index (χ0v) is 17.0. The summed E-state index contributed by atoms with van der Waals surface area (Å²) >= 11 is 0. The molecule has 3 aromatic carbocycles. The number of benzene rings is 3. The zero-order chi connectivity index (χ0) is 21.3. The molecule has 5 heteroatoms. The molecule has 1 amide bonds. The molecular formula is C25H24F2N2O. The number of halogens is 2. The van der Waals surface area contributed by atoms with Gasteiger partial charge in [0.15, 0.2) is 0 Å². The van der Waals surface area contributed by atoms with Crippen molar-refractivity contribution in [1.82, 2.24) is 0 Å². The molecule has 0 aromatic heterocycles. The van der Waals surface area contributed by atoms with Crippen LogP contribution in [0.2, 0.25) is 0 Å². The highest BCUT2D eigenvalue weighted by molar-refractivity contribution is 5.99. The van der Waals surface area contributed by atoms with E-state index in [1.807, 2.05) is 18.2 Å². The van der Waals surface area contributed by atoms with Crippen molar-refractivity contribution < 1.29 is 13.6 Å². The maximum absolute atomic E-state index is 14.7. The van der Waals surface area contributed by atoms with E-state index in [0.29, 0.717) is 11.5 Å². The van der Waals surface area contributed by atoms with E-state index in [1.165, 1.54) is 36.6 Å². The van der Waals surface area contributed by atoms with Crippen LogP contribution in [0.25, 0.3) is 11.1 Å². The molecule has 154 valence electrons. The first kappa shape index (κ1) is 20.1. The molecule has 0 heterocycles. The Kier molecular flexibility index (Phi) is 5.29. The van der Waals surface area contributed by atoms with E-state index in [0.717, 1.165) is 11.3 Å². The summed E-state index contributed by atoms with van der Waals surface area (Å²) in [6.07, 6.45) is 2.38. The van der Waals surface area contributed by atoms with Gasteiger partial charge < -0.3 is 10.6 Å². The molecule has 3 nitrogen and oxygen atoms in total. The summed E-state index contributed by atoms with van der Waals surface area (Å²) in [5.74, 6) is -0.472. The van der Waals surface area contributed by atoms with Crippen LogP contribution in [-0.2, 0) is 4.79 Å². The van der Waals surface area contributed by atoms with Crippen LogP contribution >= 0.6 is 0 Å². The molecule has 4 rings (SSSR count). The Balaban J connectivity index is 1.47. The summed E-state index contributed by atoms with van der Waals surface area (Å²) in [7, 11) is 0. The lowest BCUT2D eigenvalue weighted by Gasteiger charge is -2.27. The van der Waals surface area contributed by atoms with Gasteiger partial charge in [0, 0.05) is 5.69 Å². The highest BCUT2D eigenvalue weighted by Crippen LogP contribution is 2.40. The fraction of sp³-hybridized carbons (Fsp3) is 0.240. The van der Waals surface area contributed by atoms with Gasteiger partial charge >= 0.3 is 0 Å². The molecule has 1 saturated carbocycles. The highest BCUT2D eigenvalue weighted by atomic mass is 19.1. The van der Waals surface area contributed by atoms with Crippen molar-refractivity contribution in [3.8, 4) is 11.1 Å². The molecule has 0 saturated heterocycles. The predicted molar refractivity (Wildman–Crippen MR) is 117 cm³/mol. The molecule has 1 fully saturated rings. The topological polar surface area (TPSA) is 41.1 Å². The molecule has 1 aliphatic rings. The molecule has 2 N–H and O–H groups in total. The first-order valence-electron chi connectivity index (χ1n) is 10.1. The molecule has 0 unspecified atom stereocenters. The van der Waals surface area contributed by atoms with Gasteiger partial charge in [-0.15, -0.1) is 0 Å². The molecule has 0 spiro atoms. The standard InChI is InChI=1S/C25H24F2N2O/c1-25(2,24(30)28-21-5-3-4-18(14-21)16-6-7-16)29-23-13-10-19(15-22(23)27)17-8-11-20(26)12-9-17/h3-5,8-16,29H,6-7H2,1-2H3,(H,28,30). The van der Waals surface area contributed by atoms with Crippen molar-refractivity contribution in [3.05, 3.63) is 83.9 Å². The number of rotatable bonds is 6. The molecule has 30 heavy (non-hydrogen) atoms. The largest absolute Gasteiger partial charge is 0.369 e. The molecule has 3 aromatic rings. The van der Waals surface area contributed by atoms with Crippen LogP contribution in [0.3, 0.4) is 0 Å². The summed E-state index contributed by atoms with van der Waals surface area (Å²) in [6, 6.07) is 18.5. The minimum Gasteiger partial charge on any atom is -0.369 e. The van der Waals surface area contributed by atoms with Crippen molar-refractivity contribution in [2.75, 3.05) is 10.6 Å². The van der Waals surface area contributed by atoms with Crippen LogP contribution in [-0.4, -0.2) is 11.4 Å². The van der Waals surface area contributed by atoms with Crippen LogP contribution in [0.5, 0.6) is 0 Å². The van der Waals surface area contributed by atoms with Gasteiger partial charge in [-0.3, -0.25) is 4.79 Å². The second-order valence-electron chi connectivity index (χ2n) is 8.31. The average Bonchev–Trinajstić information content (AvgIpc) is 3.56. The lowest BCUT2D eigenvalue weighted by atomic mass is 10.0. The Hall–Kier alpha value is -3.21. The summed E-state index contributed by atoms with van der Waals surface area (Å²) < 4.78 is 27.8. The van der Waals surface area contributed by atoms with E-state index in [-0.39, 0.29) is 17.4 Å². The third kappa shape index (κ3) is 4.51. The van der Waals surface area contributed by atoms with Crippen molar-refractivity contribution in [3.63, 3.8) is 0 Å². The SMILES string of the molecule is CC(C)(Nc1ccc(-c2ccc(F)cc2)cc1F)C(=O)Nc1cccc(C2CC2)c1. The van der Waals surface area contributed by atoms with Gasteiger partial charge in [0.05, 0.1) is 5.69 Å². The molecule has 0 bridgehead atoms. The Bertz CT molecular complexity index is 1070. The monoisotopic (exact) mass is 406 g/mol. The molecule has 0 atom stereocenters. The fourth-order valence-electron chi connectivity index (χ4n) is 3.41. The van der Waals surface area contributed by atoms with E-state index in [1.54, 1.807) is 38.1 Å². The Labute approximate surface area is 175 Å². The summed E-state index contributed by atoms with van der Waals surface area (Å²) in [5, 5.41) is 5.93. The van der Waals surface area contributed by atoms with Crippen molar-refractivity contribution in [2.24, 2.45) is 0 Å². The van der Waals surface area contributed by atoms with Gasteiger partial charge in [-0.25, -0.2) is 8.78 Å². The molecule has 0 radical (unpaired) electrons. The van der Waals surface area contributed by atoms with Crippen LogP contribution in [0.4, 0.5) is 20.2 Å². The van der Waals surface area contributed by atoms with E-state index in [2.05, 4.69) is 16.7 Å². The third-order valence-electron chi connectivity index (χ3n) is 5.35. The smallest absolute Gasteiger partial charge is 0.249 e. The maximum atomic E-state index is 14.7. The van der Waals surface area contributed by atoms with Crippen LogP contribution in [0.15, 0.2) is 66.7 Å². The highest BCUT2D eigenvalue weighted by Gasteiger charge is 2.29. The summed E-state index contributed by atoms with van der Waals surface area (Å²) in [6.45, 7) is 3.42. The van der Waals surface area contributed by atoms with E-state index in [9.17, 15) is 13.6 Å². The number of hydrogen-bond acceptors (Lipinski definition) is 2. The number of anilines is 2. The number of nitrogens with one attached hydrogen (secondary N) is 2. The number of carbonyl (C=O) groups excluding carboxylic acids is 1. The maximum Gasteiger partial charge on any atom is 0.249 e. The quantitative estimate of drug-likeness (QED) is 0.502. The van der Waals surface area contributed by atoms with E-state index < -0.39 is 11.4 Å². The van der Waals surface area contributed by atoms with Crippen LogP contribution in [0.1, 0.15) is 38.2 Å². The third-order valence-corrected chi connectivity index (χ3v) is 5.35. The first-order valence-corrected chi connectivity index (χ1v) is 10.1. The van der Waals surface area contributed by atoms with E-state index >= 15 is 0 Å². The van der Waals surface area contributed by atoms with Gasteiger partial charge in [0.2, 0.25) is 5.91 Å². The summed E-state index contributed by atoms with van der Waals surface area (Å²) in [5.41, 5.74) is 2.53. The molecule has 0 aliphatic heterocycles. The van der Waals surface area contributed by atoms with Crippen LogP contribution in [0, 0.1) is 11.6 Å².